The van der Waals surface area contributed by atoms with E-state index in [-0.39, 0.29) is 12.0 Å². The van der Waals surface area contributed by atoms with Crippen molar-refractivity contribution < 1.29 is 19.4 Å². The minimum absolute atomic E-state index is 0.249. The SMILES string of the molecule is COC(=O)C(=C[Si](C)(C)C)CC(=O)O. The van der Waals surface area contributed by atoms with Crippen LogP contribution >= 0.6 is 0 Å². The second kappa shape index (κ2) is 4.95. The third-order valence-electron chi connectivity index (χ3n) is 1.40. The van der Waals surface area contributed by atoms with Crippen LogP contribution < -0.4 is 0 Å². The lowest BCUT2D eigenvalue weighted by Gasteiger charge is -2.12. The van der Waals surface area contributed by atoms with Crippen LogP contribution in [0.25, 0.3) is 0 Å². The molecule has 0 aliphatic heterocycles. The van der Waals surface area contributed by atoms with E-state index in [1.807, 2.05) is 19.6 Å². The molecule has 4 nitrogen and oxygen atoms in total. The summed E-state index contributed by atoms with van der Waals surface area (Å²) in [5.74, 6) is -1.56. The number of rotatable bonds is 4. The number of carboxylic acids is 1. The summed E-state index contributed by atoms with van der Waals surface area (Å²) in [7, 11) is -0.340. The second-order valence-corrected chi connectivity index (χ2v) is 9.12. The molecule has 0 saturated carbocycles. The molecule has 0 saturated heterocycles. The Morgan fingerprint density at radius 2 is 1.86 bits per heavy atom. The minimum Gasteiger partial charge on any atom is -0.481 e. The van der Waals surface area contributed by atoms with E-state index in [2.05, 4.69) is 4.74 Å². The lowest BCUT2D eigenvalue weighted by Crippen LogP contribution is -2.21. The van der Waals surface area contributed by atoms with E-state index in [4.69, 9.17) is 5.11 Å². The molecule has 0 aromatic rings. The number of hydrogen-bond acceptors (Lipinski definition) is 3. The van der Waals surface area contributed by atoms with Gasteiger partial charge in [-0.2, -0.15) is 0 Å². The molecule has 0 aliphatic rings. The number of methoxy groups -OCH3 is 1. The smallest absolute Gasteiger partial charge is 0.333 e. The van der Waals surface area contributed by atoms with Gasteiger partial charge in [-0.25, -0.2) is 4.79 Å². The zero-order chi connectivity index (χ0) is 11.4. The summed E-state index contributed by atoms with van der Waals surface area (Å²) in [5.41, 5.74) is 2.01. The van der Waals surface area contributed by atoms with E-state index in [1.54, 1.807) is 5.70 Å². The van der Waals surface area contributed by atoms with Crippen LogP contribution in [0.4, 0.5) is 0 Å². The Kier molecular flexibility index (Phi) is 4.56. The van der Waals surface area contributed by atoms with Gasteiger partial charge in [0.15, 0.2) is 0 Å². The average molecular weight is 216 g/mol. The molecule has 0 heterocycles. The largest absolute Gasteiger partial charge is 0.481 e. The number of carbonyl (C=O) groups is 2. The highest BCUT2D eigenvalue weighted by atomic mass is 28.3. The van der Waals surface area contributed by atoms with Crippen molar-refractivity contribution in [1.29, 1.82) is 0 Å². The first-order valence-corrected chi connectivity index (χ1v) is 7.86. The van der Waals surface area contributed by atoms with Gasteiger partial charge < -0.3 is 9.84 Å². The van der Waals surface area contributed by atoms with Crippen molar-refractivity contribution in [1.82, 2.24) is 0 Å². The van der Waals surface area contributed by atoms with Gasteiger partial charge in [0.25, 0.3) is 0 Å². The molecule has 0 fully saturated rings. The van der Waals surface area contributed by atoms with E-state index >= 15 is 0 Å². The zero-order valence-corrected chi connectivity index (χ0v) is 9.96. The van der Waals surface area contributed by atoms with Crippen LogP contribution in [0, 0.1) is 0 Å². The molecule has 0 amide bonds. The van der Waals surface area contributed by atoms with Crippen molar-refractivity contribution in [3.63, 3.8) is 0 Å². The Bertz CT molecular complexity index is 262. The summed E-state index contributed by atoms with van der Waals surface area (Å²) in [4.78, 5) is 21.7. The molecule has 0 unspecified atom stereocenters. The molecular weight excluding hydrogens is 200 g/mol. The molecule has 80 valence electrons. The monoisotopic (exact) mass is 216 g/mol. The van der Waals surface area contributed by atoms with Crippen LogP contribution in [-0.2, 0) is 14.3 Å². The van der Waals surface area contributed by atoms with Crippen molar-refractivity contribution >= 4 is 20.0 Å². The maximum atomic E-state index is 11.2. The van der Waals surface area contributed by atoms with Crippen LogP contribution in [0.2, 0.25) is 19.6 Å². The number of esters is 1. The molecule has 0 aliphatic carbocycles. The van der Waals surface area contributed by atoms with E-state index in [9.17, 15) is 9.59 Å². The Morgan fingerprint density at radius 3 is 2.14 bits per heavy atom. The molecule has 14 heavy (non-hydrogen) atoms. The number of ether oxygens (including phenoxy) is 1. The highest BCUT2D eigenvalue weighted by Gasteiger charge is 2.18. The van der Waals surface area contributed by atoms with Crippen molar-refractivity contribution in [3.05, 3.63) is 11.3 Å². The fraction of sp³-hybridized carbons (Fsp3) is 0.556. The molecule has 0 rings (SSSR count). The predicted molar refractivity (Wildman–Crippen MR) is 55.7 cm³/mol. The summed E-state index contributed by atoms with van der Waals surface area (Å²) < 4.78 is 4.51. The Labute approximate surface area is 84.6 Å². The second-order valence-electron chi connectivity index (χ2n) is 4.10. The fourth-order valence-electron chi connectivity index (χ4n) is 0.999. The molecule has 0 aromatic heterocycles. The van der Waals surface area contributed by atoms with Crippen molar-refractivity contribution in [2.24, 2.45) is 0 Å². The Morgan fingerprint density at radius 1 is 1.36 bits per heavy atom. The number of carboxylic acid groups (broad SMARTS) is 1. The zero-order valence-electron chi connectivity index (χ0n) is 8.96. The maximum absolute atomic E-state index is 11.2. The maximum Gasteiger partial charge on any atom is 0.333 e. The van der Waals surface area contributed by atoms with Gasteiger partial charge in [0.05, 0.1) is 21.6 Å². The normalized spacial score (nSPS) is 12.4. The van der Waals surface area contributed by atoms with Crippen molar-refractivity contribution in [2.75, 3.05) is 7.11 Å². The standard InChI is InChI=1S/C9H16O4Si/c1-13-9(12)7(5-8(10)11)6-14(2,3)4/h6H,5H2,1-4H3,(H,10,11). The first kappa shape index (κ1) is 12.9. The van der Waals surface area contributed by atoms with Crippen LogP contribution in [-0.4, -0.2) is 32.2 Å². The molecular formula is C9H16O4Si. The van der Waals surface area contributed by atoms with E-state index in [0.717, 1.165) is 0 Å². The van der Waals surface area contributed by atoms with Gasteiger partial charge in [-0.05, 0) is 0 Å². The summed E-state index contributed by atoms with van der Waals surface area (Å²) in [6.45, 7) is 6.08. The van der Waals surface area contributed by atoms with Gasteiger partial charge in [-0.1, -0.05) is 25.3 Å². The number of hydrogen-bond donors (Lipinski definition) is 1. The van der Waals surface area contributed by atoms with Gasteiger partial charge in [0, 0.05) is 5.57 Å². The van der Waals surface area contributed by atoms with Crippen molar-refractivity contribution in [2.45, 2.75) is 26.1 Å². The first-order chi connectivity index (χ1) is 6.26. The third-order valence-corrected chi connectivity index (χ3v) is 2.61. The molecule has 5 heteroatoms. The number of carbonyl (C=O) groups excluding carboxylic acids is 1. The van der Waals surface area contributed by atoms with E-state index in [1.165, 1.54) is 7.11 Å². The van der Waals surface area contributed by atoms with Crippen LogP contribution in [0.5, 0.6) is 0 Å². The topological polar surface area (TPSA) is 63.6 Å². The molecule has 1 N–H and O–H groups in total. The highest BCUT2D eigenvalue weighted by molar-refractivity contribution is 6.81. The lowest BCUT2D eigenvalue weighted by molar-refractivity contribution is -0.141. The summed E-state index contributed by atoms with van der Waals surface area (Å²) in [5, 5.41) is 8.59. The van der Waals surface area contributed by atoms with Gasteiger partial charge in [-0.3, -0.25) is 4.79 Å². The molecule has 0 radical (unpaired) electrons. The lowest BCUT2D eigenvalue weighted by atomic mass is 10.2. The molecule has 0 bridgehead atoms. The average Bonchev–Trinajstić information content (AvgIpc) is 1.98. The summed E-state index contributed by atoms with van der Waals surface area (Å²) in [6, 6.07) is 0. The molecule has 0 atom stereocenters. The first-order valence-electron chi connectivity index (χ1n) is 4.28. The van der Waals surface area contributed by atoms with Crippen molar-refractivity contribution in [3.8, 4) is 0 Å². The minimum atomic E-state index is -1.59. The van der Waals surface area contributed by atoms with Crippen LogP contribution in [0.3, 0.4) is 0 Å². The van der Waals surface area contributed by atoms with E-state index in [0.29, 0.717) is 0 Å². The van der Waals surface area contributed by atoms with Crippen LogP contribution in [0.15, 0.2) is 11.3 Å². The van der Waals surface area contributed by atoms with E-state index < -0.39 is 20.0 Å². The predicted octanol–water partition coefficient (Wildman–Crippen LogP) is 1.44. The van der Waals surface area contributed by atoms with Crippen LogP contribution in [0.1, 0.15) is 6.42 Å². The summed E-state index contributed by atoms with van der Waals surface area (Å²) >= 11 is 0. The van der Waals surface area contributed by atoms with Gasteiger partial charge in [0.1, 0.15) is 0 Å². The highest BCUT2D eigenvalue weighted by Crippen LogP contribution is 2.11. The summed E-state index contributed by atoms with van der Waals surface area (Å²) in [6.07, 6.45) is -0.267. The molecule has 0 spiro atoms. The third kappa shape index (κ3) is 5.53. The Hall–Kier alpha value is -1.10. The van der Waals surface area contributed by atoms with Gasteiger partial charge in [-0.15, -0.1) is 0 Å². The van der Waals surface area contributed by atoms with Gasteiger partial charge in [0.2, 0.25) is 0 Å². The Balaban J connectivity index is 4.81. The number of aliphatic carboxylic acids is 1. The molecule has 0 aromatic carbocycles. The van der Waals surface area contributed by atoms with Gasteiger partial charge >= 0.3 is 11.9 Å². The fourth-order valence-corrected chi connectivity index (χ4v) is 2.26. The quantitative estimate of drug-likeness (QED) is 0.439.